The van der Waals surface area contributed by atoms with Crippen molar-refractivity contribution in [2.75, 3.05) is 4.90 Å². The van der Waals surface area contributed by atoms with Crippen molar-refractivity contribution in [2.45, 2.75) is 23.9 Å². The lowest BCUT2D eigenvalue weighted by atomic mass is 10.2. The molecule has 2 amide bonds. The Bertz CT molecular complexity index is 1750. The summed E-state index contributed by atoms with van der Waals surface area (Å²) in [6.07, 6.45) is -0.257. The van der Waals surface area contributed by atoms with Gasteiger partial charge < -0.3 is 4.42 Å². The zero-order chi connectivity index (χ0) is 27.1. The third-order valence-electron chi connectivity index (χ3n) is 6.45. The first-order chi connectivity index (χ1) is 18.8. The van der Waals surface area contributed by atoms with Gasteiger partial charge in [-0.15, -0.1) is 11.3 Å². The number of para-hydroxylation sites is 2. The number of oxazole rings is 1. The molecule has 3 heterocycles. The van der Waals surface area contributed by atoms with E-state index in [2.05, 4.69) is 20.9 Å². The molecule has 39 heavy (non-hydrogen) atoms. The summed E-state index contributed by atoms with van der Waals surface area (Å²) < 4.78 is 35.2. The van der Waals surface area contributed by atoms with E-state index in [0.29, 0.717) is 22.7 Å². The minimum atomic E-state index is -4.10. The Hall–Kier alpha value is -3.64. The van der Waals surface area contributed by atoms with Gasteiger partial charge in [0.25, 0.3) is 5.91 Å². The number of amides is 2. The Kier molecular flexibility index (Phi) is 6.67. The zero-order valence-corrected chi connectivity index (χ0v) is 23.4. The number of thiophene rings is 1. The molecule has 2 aromatic heterocycles. The molecule has 1 aliphatic rings. The molecule has 1 fully saturated rings. The molecule has 196 valence electrons. The second-order valence-electron chi connectivity index (χ2n) is 8.90. The van der Waals surface area contributed by atoms with Crippen molar-refractivity contribution in [1.29, 1.82) is 0 Å². The molecule has 5 aromatic rings. The Balaban J connectivity index is 1.31. The second-order valence-corrected chi connectivity index (χ2v) is 12.7. The zero-order valence-electron chi connectivity index (χ0n) is 20.2. The summed E-state index contributed by atoms with van der Waals surface area (Å²) in [6, 6.07) is 22.8. The average molecular weight is 623 g/mol. The molecule has 0 radical (unpaired) electrons. The number of carbonyl (C=O) groups excluding carboxylic acids is 2. The van der Waals surface area contributed by atoms with Crippen LogP contribution < -0.4 is 4.90 Å². The number of rotatable bonds is 7. The van der Waals surface area contributed by atoms with Crippen molar-refractivity contribution in [2.24, 2.45) is 0 Å². The van der Waals surface area contributed by atoms with Gasteiger partial charge in [0.2, 0.25) is 21.8 Å². The van der Waals surface area contributed by atoms with Crippen LogP contribution in [0.1, 0.15) is 11.3 Å². The molecule has 1 aliphatic heterocycles. The third-order valence-corrected chi connectivity index (χ3v) is 9.71. The topological polar surface area (TPSA) is 101 Å². The molecule has 0 bridgehead atoms. The summed E-state index contributed by atoms with van der Waals surface area (Å²) in [6.45, 7) is -0.0236. The number of hydrogen-bond acceptors (Lipinski definition) is 7. The fourth-order valence-corrected chi connectivity index (χ4v) is 7.13. The van der Waals surface area contributed by atoms with Crippen molar-refractivity contribution in [3.05, 3.63) is 99.7 Å². The lowest BCUT2D eigenvalue weighted by Gasteiger charge is -2.26. The SMILES string of the molecule is O=C1CC(N(Cc2cccs2)S(=O)(=O)c2ccc(Br)cc2)C(=O)N1c1ccc(-c2nc3ccccc3o2)cc1. The maximum atomic E-state index is 13.7. The van der Waals surface area contributed by atoms with Crippen molar-refractivity contribution in [1.82, 2.24) is 9.29 Å². The van der Waals surface area contributed by atoms with E-state index in [-0.39, 0.29) is 17.9 Å². The number of imide groups is 1. The van der Waals surface area contributed by atoms with E-state index in [9.17, 15) is 18.0 Å². The number of halogens is 1. The predicted molar refractivity (Wildman–Crippen MR) is 152 cm³/mol. The molecule has 0 N–H and O–H groups in total. The smallest absolute Gasteiger partial charge is 0.252 e. The van der Waals surface area contributed by atoms with E-state index >= 15 is 0 Å². The summed E-state index contributed by atoms with van der Waals surface area (Å²) in [5, 5.41) is 1.84. The number of carbonyl (C=O) groups is 2. The van der Waals surface area contributed by atoms with Crippen LogP contribution >= 0.6 is 27.3 Å². The monoisotopic (exact) mass is 621 g/mol. The quantitative estimate of drug-likeness (QED) is 0.212. The summed E-state index contributed by atoms with van der Waals surface area (Å²) in [5.74, 6) is -0.643. The van der Waals surface area contributed by atoms with Gasteiger partial charge in [0, 0.05) is 21.5 Å². The van der Waals surface area contributed by atoms with Crippen LogP contribution in [0.2, 0.25) is 0 Å². The Morgan fingerprint density at radius 2 is 1.72 bits per heavy atom. The van der Waals surface area contributed by atoms with Crippen LogP contribution in [-0.4, -0.2) is 35.6 Å². The van der Waals surface area contributed by atoms with Gasteiger partial charge >= 0.3 is 0 Å². The normalized spacial score (nSPS) is 16.1. The Labute approximate surface area is 236 Å². The highest BCUT2D eigenvalue weighted by molar-refractivity contribution is 9.10. The van der Waals surface area contributed by atoms with Gasteiger partial charge in [-0.05, 0) is 72.1 Å². The van der Waals surface area contributed by atoms with Crippen LogP contribution in [0.3, 0.4) is 0 Å². The lowest BCUT2D eigenvalue weighted by Crippen LogP contribution is -2.44. The van der Waals surface area contributed by atoms with E-state index in [1.54, 1.807) is 42.5 Å². The van der Waals surface area contributed by atoms with E-state index in [1.807, 2.05) is 35.7 Å². The minimum absolute atomic E-state index is 0.0236. The highest BCUT2D eigenvalue weighted by Crippen LogP contribution is 2.33. The minimum Gasteiger partial charge on any atom is -0.436 e. The molecule has 3 aromatic carbocycles. The number of benzene rings is 3. The molecule has 0 saturated carbocycles. The number of sulfonamides is 1. The first-order valence-electron chi connectivity index (χ1n) is 11.9. The maximum Gasteiger partial charge on any atom is 0.252 e. The van der Waals surface area contributed by atoms with E-state index in [0.717, 1.165) is 24.1 Å². The maximum absolute atomic E-state index is 13.7. The van der Waals surface area contributed by atoms with Crippen LogP contribution in [-0.2, 0) is 26.2 Å². The van der Waals surface area contributed by atoms with Crippen LogP contribution in [0.15, 0.2) is 104 Å². The summed E-state index contributed by atoms with van der Waals surface area (Å²) in [4.78, 5) is 33.1. The summed E-state index contributed by atoms with van der Waals surface area (Å²) in [7, 11) is -4.10. The molecule has 11 heteroatoms. The van der Waals surface area contributed by atoms with Gasteiger partial charge in [0.1, 0.15) is 11.6 Å². The van der Waals surface area contributed by atoms with Gasteiger partial charge in [-0.25, -0.2) is 18.3 Å². The molecule has 1 atom stereocenters. The van der Waals surface area contributed by atoms with E-state index in [1.165, 1.54) is 23.5 Å². The summed E-state index contributed by atoms with van der Waals surface area (Å²) in [5.41, 5.74) is 2.41. The number of aromatic nitrogens is 1. The highest BCUT2D eigenvalue weighted by Gasteiger charge is 2.47. The molecule has 6 rings (SSSR count). The Morgan fingerprint density at radius 1 is 0.974 bits per heavy atom. The van der Waals surface area contributed by atoms with Crippen LogP contribution in [0.5, 0.6) is 0 Å². The third kappa shape index (κ3) is 4.82. The number of hydrogen-bond donors (Lipinski definition) is 0. The number of fused-ring (bicyclic) bond motifs is 1. The lowest BCUT2D eigenvalue weighted by molar-refractivity contribution is -0.122. The van der Waals surface area contributed by atoms with Crippen LogP contribution in [0.25, 0.3) is 22.6 Å². The van der Waals surface area contributed by atoms with E-state index in [4.69, 9.17) is 4.42 Å². The van der Waals surface area contributed by atoms with E-state index < -0.39 is 27.9 Å². The van der Waals surface area contributed by atoms with Crippen LogP contribution in [0, 0.1) is 0 Å². The average Bonchev–Trinajstić information content (AvgIpc) is 3.67. The molecular weight excluding hydrogens is 602 g/mol. The molecule has 0 aliphatic carbocycles. The predicted octanol–water partition coefficient (Wildman–Crippen LogP) is 5.84. The number of anilines is 1. The van der Waals surface area contributed by atoms with Crippen molar-refractivity contribution >= 4 is 65.9 Å². The summed E-state index contributed by atoms with van der Waals surface area (Å²) >= 11 is 4.71. The highest BCUT2D eigenvalue weighted by atomic mass is 79.9. The van der Waals surface area contributed by atoms with Gasteiger partial charge in [-0.1, -0.05) is 34.1 Å². The van der Waals surface area contributed by atoms with Gasteiger partial charge in [-0.2, -0.15) is 4.31 Å². The van der Waals surface area contributed by atoms with Crippen LogP contribution in [0.4, 0.5) is 5.69 Å². The van der Waals surface area contributed by atoms with Gasteiger partial charge in [-0.3, -0.25) is 9.59 Å². The molecule has 1 saturated heterocycles. The molecule has 1 unspecified atom stereocenters. The fraction of sp³-hybridized carbons (Fsp3) is 0.107. The van der Waals surface area contributed by atoms with Crippen molar-refractivity contribution < 1.29 is 22.4 Å². The van der Waals surface area contributed by atoms with Crippen molar-refractivity contribution in [3.8, 4) is 11.5 Å². The van der Waals surface area contributed by atoms with Crippen molar-refractivity contribution in [3.63, 3.8) is 0 Å². The molecule has 0 spiro atoms. The fourth-order valence-electron chi connectivity index (χ4n) is 4.52. The standard InChI is InChI=1S/C28H20BrN3O5S2/c29-19-9-13-22(14-10-19)39(35,36)31(17-21-4-3-15-38-21)24-16-26(33)32(28(24)34)20-11-7-18(8-12-20)27-30-23-5-1-2-6-25(23)37-27/h1-15,24H,16-17H2. The second kappa shape index (κ2) is 10.2. The molecule has 8 nitrogen and oxygen atoms in total. The number of nitrogens with zero attached hydrogens (tertiary/aromatic N) is 3. The van der Waals surface area contributed by atoms with Gasteiger partial charge in [0.15, 0.2) is 5.58 Å². The Morgan fingerprint density at radius 3 is 2.41 bits per heavy atom. The first kappa shape index (κ1) is 25.6. The first-order valence-corrected chi connectivity index (χ1v) is 15.0. The van der Waals surface area contributed by atoms with Gasteiger partial charge in [0.05, 0.1) is 17.0 Å². The largest absolute Gasteiger partial charge is 0.436 e. The molecular formula is C28H20BrN3O5S2.